The van der Waals surface area contributed by atoms with Gasteiger partial charge in [0.05, 0.1) is 0 Å². The summed E-state index contributed by atoms with van der Waals surface area (Å²) in [6.07, 6.45) is 0.891. The zero-order valence-corrected chi connectivity index (χ0v) is 12.2. The van der Waals surface area contributed by atoms with Crippen molar-refractivity contribution in [2.24, 2.45) is 17.1 Å². The van der Waals surface area contributed by atoms with Crippen molar-refractivity contribution in [3.63, 3.8) is 0 Å². The van der Waals surface area contributed by atoms with Gasteiger partial charge in [0.1, 0.15) is 0 Å². The molecule has 1 heterocycles. The van der Waals surface area contributed by atoms with Crippen LogP contribution in [0, 0.1) is 11.3 Å². The number of nitrogens with zero attached hydrogens (tertiary/aromatic N) is 1. The molecule has 6 heteroatoms. The molecule has 0 radical (unpaired) electrons. The Morgan fingerprint density at radius 3 is 2.67 bits per heavy atom. The molecule has 0 fully saturated rings. The summed E-state index contributed by atoms with van der Waals surface area (Å²) >= 11 is 0. The van der Waals surface area contributed by atoms with Crippen molar-refractivity contribution in [3.05, 3.63) is 11.8 Å². The normalized spacial score (nSPS) is 12.7. The molecule has 0 aliphatic carbocycles. The van der Waals surface area contributed by atoms with Crippen LogP contribution in [-0.4, -0.2) is 22.6 Å². The standard InChI is InChI=1S/C12H22N4O.ClH/c1-8(7-13)11(17)14-10-5-9(15-16-10)6-12(2,3)4;/h5,8H,6-7,13H2,1-4H3,(H2,14,15,16,17);1H. The second kappa shape index (κ2) is 6.75. The first-order valence-electron chi connectivity index (χ1n) is 5.87. The van der Waals surface area contributed by atoms with Gasteiger partial charge in [0.15, 0.2) is 5.82 Å². The minimum atomic E-state index is -0.197. The number of carbonyl (C=O) groups is 1. The Bertz CT molecular complexity index is 384. The molecule has 1 aromatic heterocycles. The zero-order valence-electron chi connectivity index (χ0n) is 11.4. The lowest BCUT2D eigenvalue weighted by molar-refractivity contribution is -0.119. The first-order chi connectivity index (χ1) is 7.81. The van der Waals surface area contributed by atoms with E-state index in [4.69, 9.17) is 5.73 Å². The molecule has 0 spiro atoms. The van der Waals surface area contributed by atoms with Gasteiger partial charge in [0.25, 0.3) is 0 Å². The van der Waals surface area contributed by atoms with E-state index in [0.717, 1.165) is 12.1 Å². The molecule has 0 bridgehead atoms. The van der Waals surface area contributed by atoms with Gasteiger partial charge in [-0.2, -0.15) is 5.10 Å². The van der Waals surface area contributed by atoms with Crippen molar-refractivity contribution in [1.82, 2.24) is 10.2 Å². The molecular formula is C12H23ClN4O. The summed E-state index contributed by atoms with van der Waals surface area (Å²) in [6.45, 7) is 8.59. The summed E-state index contributed by atoms with van der Waals surface area (Å²) < 4.78 is 0. The molecule has 1 rings (SSSR count). The number of aromatic amines is 1. The Labute approximate surface area is 114 Å². The van der Waals surface area contributed by atoms with Gasteiger partial charge in [0.2, 0.25) is 5.91 Å². The summed E-state index contributed by atoms with van der Waals surface area (Å²) in [5, 5.41) is 9.73. The fraction of sp³-hybridized carbons (Fsp3) is 0.667. The van der Waals surface area contributed by atoms with E-state index in [2.05, 4.69) is 36.3 Å². The molecule has 5 nitrogen and oxygen atoms in total. The summed E-state index contributed by atoms with van der Waals surface area (Å²) in [5.74, 6) is 0.272. The van der Waals surface area contributed by atoms with E-state index < -0.39 is 0 Å². The number of hydrogen-bond acceptors (Lipinski definition) is 3. The van der Waals surface area contributed by atoms with Crippen LogP contribution in [0.4, 0.5) is 5.82 Å². The third kappa shape index (κ3) is 5.51. The number of amides is 1. The number of halogens is 1. The molecule has 1 atom stereocenters. The number of aromatic nitrogens is 2. The number of H-pyrrole nitrogens is 1. The van der Waals surface area contributed by atoms with Gasteiger partial charge < -0.3 is 11.1 Å². The SMILES string of the molecule is CC(CN)C(=O)Nc1cc(CC(C)(C)C)[nH]n1.Cl. The van der Waals surface area contributed by atoms with Gasteiger partial charge in [-0.25, -0.2) is 0 Å². The molecule has 0 saturated carbocycles. The van der Waals surface area contributed by atoms with Gasteiger partial charge in [-0.15, -0.1) is 12.4 Å². The topological polar surface area (TPSA) is 83.8 Å². The van der Waals surface area contributed by atoms with Crippen molar-refractivity contribution in [1.29, 1.82) is 0 Å². The van der Waals surface area contributed by atoms with Crippen molar-refractivity contribution in [2.45, 2.75) is 34.1 Å². The maximum atomic E-state index is 11.6. The number of carbonyl (C=O) groups excluding carboxylic acids is 1. The van der Waals surface area contributed by atoms with Gasteiger partial charge in [0, 0.05) is 24.2 Å². The highest BCUT2D eigenvalue weighted by atomic mass is 35.5. The Hall–Kier alpha value is -1.07. The highest BCUT2D eigenvalue weighted by molar-refractivity contribution is 5.91. The average molecular weight is 275 g/mol. The van der Waals surface area contributed by atoms with Crippen LogP contribution in [0.5, 0.6) is 0 Å². The van der Waals surface area contributed by atoms with Crippen LogP contribution >= 0.6 is 12.4 Å². The number of nitrogens with two attached hydrogens (primary N) is 1. The smallest absolute Gasteiger partial charge is 0.229 e. The fourth-order valence-electron chi connectivity index (χ4n) is 1.44. The summed E-state index contributed by atoms with van der Waals surface area (Å²) in [6, 6.07) is 1.87. The highest BCUT2D eigenvalue weighted by Crippen LogP contribution is 2.20. The Morgan fingerprint density at radius 2 is 2.17 bits per heavy atom. The lowest BCUT2D eigenvalue weighted by Crippen LogP contribution is -2.26. The van der Waals surface area contributed by atoms with Crippen LogP contribution < -0.4 is 11.1 Å². The minimum Gasteiger partial charge on any atom is -0.330 e. The minimum absolute atomic E-state index is 0. The van der Waals surface area contributed by atoms with Gasteiger partial charge >= 0.3 is 0 Å². The lowest BCUT2D eigenvalue weighted by atomic mass is 9.91. The zero-order chi connectivity index (χ0) is 13.1. The Balaban J connectivity index is 0.00000289. The van der Waals surface area contributed by atoms with E-state index >= 15 is 0 Å². The Kier molecular flexibility index (Phi) is 6.35. The van der Waals surface area contributed by atoms with Crippen molar-refractivity contribution >= 4 is 24.1 Å². The van der Waals surface area contributed by atoms with Crippen LogP contribution in [0.15, 0.2) is 6.07 Å². The Morgan fingerprint density at radius 1 is 1.56 bits per heavy atom. The van der Waals surface area contributed by atoms with E-state index in [1.807, 2.05) is 6.07 Å². The van der Waals surface area contributed by atoms with E-state index in [0.29, 0.717) is 12.4 Å². The predicted molar refractivity (Wildman–Crippen MR) is 75.8 cm³/mol. The van der Waals surface area contributed by atoms with E-state index in [1.165, 1.54) is 0 Å². The molecule has 18 heavy (non-hydrogen) atoms. The second-order valence-electron chi connectivity index (χ2n) is 5.64. The first-order valence-corrected chi connectivity index (χ1v) is 5.87. The van der Waals surface area contributed by atoms with Crippen molar-refractivity contribution < 1.29 is 4.79 Å². The van der Waals surface area contributed by atoms with Crippen LogP contribution in [-0.2, 0) is 11.2 Å². The maximum absolute atomic E-state index is 11.6. The number of nitrogens with one attached hydrogen (secondary N) is 2. The predicted octanol–water partition coefficient (Wildman–Crippen LogP) is 1.95. The van der Waals surface area contributed by atoms with E-state index in [1.54, 1.807) is 6.92 Å². The number of hydrogen-bond donors (Lipinski definition) is 3. The summed E-state index contributed by atoms with van der Waals surface area (Å²) in [4.78, 5) is 11.6. The van der Waals surface area contributed by atoms with Gasteiger partial charge in [-0.05, 0) is 11.8 Å². The van der Waals surface area contributed by atoms with Crippen LogP contribution in [0.3, 0.4) is 0 Å². The van der Waals surface area contributed by atoms with Crippen LogP contribution in [0.25, 0.3) is 0 Å². The van der Waals surface area contributed by atoms with Gasteiger partial charge in [-0.1, -0.05) is 27.7 Å². The van der Waals surface area contributed by atoms with Crippen LogP contribution in [0.1, 0.15) is 33.4 Å². The molecular weight excluding hydrogens is 252 g/mol. The molecule has 1 aromatic rings. The summed E-state index contributed by atoms with van der Waals surface area (Å²) in [7, 11) is 0. The lowest BCUT2D eigenvalue weighted by Gasteiger charge is -2.15. The average Bonchev–Trinajstić information content (AvgIpc) is 2.61. The number of anilines is 1. The first kappa shape index (κ1) is 16.9. The van der Waals surface area contributed by atoms with Gasteiger partial charge in [-0.3, -0.25) is 9.89 Å². The molecule has 104 valence electrons. The maximum Gasteiger partial charge on any atom is 0.229 e. The molecule has 0 aromatic carbocycles. The largest absolute Gasteiger partial charge is 0.330 e. The quantitative estimate of drug-likeness (QED) is 0.785. The second-order valence-corrected chi connectivity index (χ2v) is 5.64. The molecule has 0 aliphatic heterocycles. The van der Waals surface area contributed by atoms with Crippen LogP contribution in [0.2, 0.25) is 0 Å². The third-order valence-corrected chi connectivity index (χ3v) is 2.40. The number of rotatable bonds is 4. The monoisotopic (exact) mass is 274 g/mol. The molecule has 1 unspecified atom stereocenters. The highest BCUT2D eigenvalue weighted by Gasteiger charge is 2.15. The van der Waals surface area contributed by atoms with E-state index in [9.17, 15) is 4.79 Å². The van der Waals surface area contributed by atoms with Crippen molar-refractivity contribution in [2.75, 3.05) is 11.9 Å². The van der Waals surface area contributed by atoms with E-state index in [-0.39, 0.29) is 29.6 Å². The molecule has 0 saturated heterocycles. The fourth-order valence-corrected chi connectivity index (χ4v) is 1.44. The molecule has 1 amide bonds. The van der Waals surface area contributed by atoms with Crippen molar-refractivity contribution in [3.8, 4) is 0 Å². The molecule has 0 aliphatic rings. The summed E-state index contributed by atoms with van der Waals surface area (Å²) in [5.41, 5.74) is 6.64. The molecule has 4 N–H and O–H groups in total. The third-order valence-electron chi connectivity index (χ3n) is 2.40.